The number of rotatable bonds is 3. The predicted octanol–water partition coefficient (Wildman–Crippen LogP) is 3.62. The molecule has 0 aliphatic rings. The lowest BCUT2D eigenvalue weighted by molar-refractivity contribution is 0.0657. The van der Waals surface area contributed by atoms with Crippen molar-refractivity contribution in [2.45, 2.75) is 32.9 Å². The maximum absolute atomic E-state index is 10.4. The molecule has 1 heterocycles. The van der Waals surface area contributed by atoms with Crippen LogP contribution in [0.25, 0.3) is 11.0 Å². The number of aryl methyl sites for hydroxylation is 1. The summed E-state index contributed by atoms with van der Waals surface area (Å²) in [6.45, 7) is 6.38. The summed E-state index contributed by atoms with van der Waals surface area (Å²) in [7, 11) is 0. The number of fused-ring (bicyclic) bond motifs is 1. The third-order valence-corrected chi connectivity index (χ3v) is 3.79. The summed E-state index contributed by atoms with van der Waals surface area (Å²) >= 11 is 0. The molecular weight excluding hydrogens is 260 g/mol. The summed E-state index contributed by atoms with van der Waals surface area (Å²) in [5, 5.41) is 10.4. The molecule has 21 heavy (non-hydrogen) atoms. The minimum atomic E-state index is -0.971. The smallest absolute Gasteiger partial charge is 0.141 e. The number of aromatic nitrogens is 2. The first-order chi connectivity index (χ1) is 9.97. The van der Waals surface area contributed by atoms with Crippen molar-refractivity contribution < 1.29 is 5.11 Å². The summed E-state index contributed by atoms with van der Waals surface area (Å²) in [6, 6.07) is 16.3. The van der Waals surface area contributed by atoms with Crippen LogP contribution in [0.4, 0.5) is 0 Å². The lowest BCUT2D eigenvalue weighted by atomic mass is 10.1. The van der Waals surface area contributed by atoms with Crippen molar-refractivity contribution in [1.82, 2.24) is 9.55 Å². The molecule has 3 aromatic rings. The zero-order valence-electron chi connectivity index (χ0n) is 12.7. The molecule has 0 radical (unpaired) electrons. The van der Waals surface area contributed by atoms with Gasteiger partial charge in [-0.05, 0) is 44.0 Å². The van der Waals surface area contributed by atoms with Crippen LogP contribution in [0.15, 0.2) is 48.5 Å². The average Bonchev–Trinajstić information content (AvgIpc) is 2.80. The van der Waals surface area contributed by atoms with E-state index in [0.29, 0.717) is 12.4 Å². The number of nitrogens with zero attached hydrogens (tertiary/aromatic N) is 2. The highest BCUT2D eigenvalue weighted by Gasteiger charge is 2.24. The Kier molecular flexibility index (Phi) is 3.30. The van der Waals surface area contributed by atoms with E-state index in [1.165, 1.54) is 11.1 Å². The number of benzene rings is 2. The molecule has 0 aliphatic carbocycles. The van der Waals surface area contributed by atoms with Gasteiger partial charge >= 0.3 is 0 Å². The molecule has 0 bridgehead atoms. The van der Waals surface area contributed by atoms with Gasteiger partial charge in [-0.25, -0.2) is 4.98 Å². The lowest BCUT2D eigenvalue weighted by Gasteiger charge is -2.19. The van der Waals surface area contributed by atoms with E-state index in [9.17, 15) is 5.11 Å². The van der Waals surface area contributed by atoms with Gasteiger partial charge in [0.05, 0.1) is 11.0 Å². The van der Waals surface area contributed by atoms with Crippen LogP contribution >= 0.6 is 0 Å². The predicted molar refractivity (Wildman–Crippen MR) is 85.3 cm³/mol. The Morgan fingerprint density at radius 1 is 1.05 bits per heavy atom. The van der Waals surface area contributed by atoms with E-state index < -0.39 is 5.60 Å². The lowest BCUT2D eigenvalue weighted by Crippen LogP contribution is -2.22. The third-order valence-electron chi connectivity index (χ3n) is 3.79. The first kappa shape index (κ1) is 13.8. The topological polar surface area (TPSA) is 38.0 Å². The second-order valence-corrected chi connectivity index (χ2v) is 6.00. The van der Waals surface area contributed by atoms with Crippen LogP contribution in [0, 0.1) is 6.92 Å². The van der Waals surface area contributed by atoms with E-state index >= 15 is 0 Å². The van der Waals surface area contributed by atoms with Crippen LogP contribution in [0.2, 0.25) is 0 Å². The molecule has 0 unspecified atom stereocenters. The maximum atomic E-state index is 10.4. The first-order valence-corrected chi connectivity index (χ1v) is 7.19. The van der Waals surface area contributed by atoms with Gasteiger partial charge in [0, 0.05) is 6.54 Å². The Hall–Kier alpha value is -2.13. The molecule has 3 rings (SSSR count). The van der Waals surface area contributed by atoms with Crippen LogP contribution in [0.5, 0.6) is 0 Å². The van der Waals surface area contributed by atoms with Crippen LogP contribution in [0.1, 0.15) is 30.8 Å². The second kappa shape index (κ2) is 5.01. The molecule has 0 amide bonds. The molecule has 3 heteroatoms. The zero-order chi connectivity index (χ0) is 15.0. The molecule has 1 N–H and O–H groups in total. The van der Waals surface area contributed by atoms with E-state index in [2.05, 4.69) is 34.7 Å². The van der Waals surface area contributed by atoms with E-state index in [1.807, 2.05) is 30.3 Å². The van der Waals surface area contributed by atoms with E-state index in [0.717, 1.165) is 11.0 Å². The third kappa shape index (κ3) is 2.57. The number of para-hydroxylation sites is 2. The van der Waals surface area contributed by atoms with Crippen LogP contribution in [0.3, 0.4) is 0 Å². The number of hydrogen-bond donors (Lipinski definition) is 1. The van der Waals surface area contributed by atoms with Crippen molar-refractivity contribution in [2.24, 2.45) is 0 Å². The molecular formula is C18H20N2O. The van der Waals surface area contributed by atoms with E-state index in [-0.39, 0.29) is 0 Å². The average molecular weight is 280 g/mol. The summed E-state index contributed by atoms with van der Waals surface area (Å²) < 4.78 is 2.11. The normalized spacial score (nSPS) is 12.0. The fourth-order valence-electron chi connectivity index (χ4n) is 2.66. The standard InChI is InChI=1S/C18H20N2O/c1-13-8-4-5-9-14(13)12-20-16-11-7-6-10-15(16)19-17(20)18(2,3)21/h4-11,21H,12H2,1-3H3. The molecule has 0 saturated heterocycles. The Morgan fingerprint density at radius 3 is 2.43 bits per heavy atom. The number of hydrogen-bond acceptors (Lipinski definition) is 2. The van der Waals surface area contributed by atoms with Gasteiger partial charge in [0.25, 0.3) is 0 Å². The van der Waals surface area contributed by atoms with Crippen LogP contribution < -0.4 is 0 Å². The summed E-state index contributed by atoms with van der Waals surface area (Å²) in [5.74, 6) is 0.701. The largest absolute Gasteiger partial charge is 0.383 e. The maximum Gasteiger partial charge on any atom is 0.141 e. The van der Waals surface area contributed by atoms with Gasteiger partial charge in [-0.2, -0.15) is 0 Å². The minimum absolute atomic E-state index is 0.701. The van der Waals surface area contributed by atoms with E-state index in [4.69, 9.17) is 0 Å². The Labute approximate surface area is 124 Å². The van der Waals surface area contributed by atoms with E-state index in [1.54, 1.807) is 13.8 Å². The molecule has 0 aliphatic heterocycles. The monoisotopic (exact) mass is 280 g/mol. The quantitative estimate of drug-likeness (QED) is 0.795. The molecule has 3 nitrogen and oxygen atoms in total. The molecule has 108 valence electrons. The minimum Gasteiger partial charge on any atom is -0.383 e. The Bertz CT molecular complexity index is 781. The fourth-order valence-corrected chi connectivity index (χ4v) is 2.66. The van der Waals surface area contributed by atoms with Crippen molar-refractivity contribution in [2.75, 3.05) is 0 Å². The van der Waals surface area contributed by atoms with Gasteiger partial charge < -0.3 is 9.67 Å². The molecule has 1 aromatic heterocycles. The highest BCUT2D eigenvalue weighted by atomic mass is 16.3. The van der Waals surface area contributed by atoms with Gasteiger partial charge in [0.15, 0.2) is 0 Å². The van der Waals surface area contributed by atoms with Crippen LogP contribution in [-0.4, -0.2) is 14.7 Å². The van der Waals surface area contributed by atoms with Gasteiger partial charge in [0.2, 0.25) is 0 Å². The second-order valence-electron chi connectivity index (χ2n) is 6.00. The van der Waals surface area contributed by atoms with Crippen molar-refractivity contribution in [3.05, 3.63) is 65.5 Å². The number of imidazole rings is 1. The van der Waals surface area contributed by atoms with Crippen molar-refractivity contribution >= 4 is 11.0 Å². The Balaban J connectivity index is 2.18. The molecule has 0 saturated carbocycles. The van der Waals surface area contributed by atoms with Gasteiger partial charge in [-0.1, -0.05) is 36.4 Å². The fraction of sp³-hybridized carbons (Fsp3) is 0.278. The Morgan fingerprint density at radius 2 is 1.71 bits per heavy atom. The van der Waals surface area contributed by atoms with Crippen LogP contribution in [-0.2, 0) is 12.1 Å². The van der Waals surface area contributed by atoms with Crippen molar-refractivity contribution in [3.8, 4) is 0 Å². The summed E-state index contributed by atoms with van der Waals surface area (Å²) in [5.41, 5.74) is 3.49. The zero-order valence-corrected chi connectivity index (χ0v) is 12.7. The molecule has 2 aromatic carbocycles. The molecule has 0 spiro atoms. The number of aliphatic hydroxyl groups is 1. The van der Waals surface area contributed by atoms with Gasteiger partial charge in [0.1, 0.15) is 11.4 Å². The summed E-state index contributed by atoms with van der Waals surface area (Å²) in [4.78, 5) is 4.62. The molecule has 0 atom stereocenters. The first-order valence-electron chi connectivity index (χ1n) is 7.19. The van der Waals surface area contributed by atoms with Crippen molar-refractivity contribution in [3.63, 3.8) is 0 Å². The summed E-state index contributed by atoms with van der Waals surface area (Å²) in [6.07, 6.45) is 0. The van der Waals surface area contributed by atoms with Gasteiger partial charge in [-0.15, -0.1) is 0 Å². The van der Waals surface area contributed by atoms with Crippen molar-refractivity contribution in [1.29, 1.82) is 0 Å². The van der Waals surface area contributed by atoms with Gasteiger partial charge in [-0.3, -0.25) is 0 Å². The highest BCUT2D eigenvalue weighted by Crippen LogP contribution is 2.26. The highest BCUT2D eigenvalue weighted by molar-refractivity contribution is 5.76. The molecule has 0 fully saturated rings. The SMILES string of the molecule is Cc1ccccc1Cn1c(C(C)(C)O)nc2ccccc21.